The number of hydrogen-bond donors (Lipinski definition) is 1. The Morgan fingerprint density at radius 2 is 1.89 bits per heavy atom. The zero-order valence-electron chi connectivity index (χ0n) is 15.3. The Hall–Kier alpha value is -3.66. The Labute approximate surface area is 156 Å². The van der Waals surface area contributed by atoms with Crippen LogP contribution in [-0.4, -0.2) is 21.6 Å². The average Bonchev–Trinajstić information content (AvgIpc) is 2.68. The van der Waals surface area contributed by atoms with Gasteiger partial charge in [-0.25, -0.2) is 9.97 Å². The van der Waals surface area contributed by atoms with Gasteiger partial charge in [0.1, 0.15) is 11.8 Å². The van der Waals surface area contributed by atoms with E-state index in [9.17, 15) is 10.1 Å². The minimum absolute atomic E-state index is 0.0186. The predicted molar refractivity (Wildman–Crippen MR) is 103 cm³/mol. The van der Waals surface area contributed by atoms with Crippen molar-refractivity contribution in [1.29, 1.82) is 5.26 Å². The summed E-state index contributed by atoms with van der Waals surface area (Å²) in [4.78, 5) is 20.9. The summed E-state index contributed by atoms with van der Waals surface area (Å²) >= 11 is 0. The first-order valence-corrected chi connectivity index (χ1v) is 8.39. The smallest absolute Gasteiger partial charge is 0.250 e. The lowest BCUT2D eigenvalue weighted by Gasteiger charge is -2.14. The van der Waals surface area contributed by atoms with Gasteiger partial charge < -0.3 is 15.0 Å². The molecule has 0 saturated carbocycles. The quantitative estimate of drug-likeness (QED) is 0.765. The molecule has 0 saturated heterocycles. The van der Waals surface area contributed by atoms with Gasteiger partial charge >= 0.3 is 0 Å². The lowest BCUT2D eigenvalue weighted by atomic mass is 10.0. The van der Waals surface area contributed by atoms with Crippen molar-refractivity contribution in [3.63, 3.8) is 0 Å². The molecule has 136 valence electrons. The van der Waals surface area contributed by atoms with Gasteiger partial charge in [-0.3, -0.25) is 4.79 Å². The summed E-state index contributed by atoms with van der Waals surface area (Å²) in [5, 5.41) is 9.31. The normalized spacial score (nSPS) is 10.6. The number of hydrogen-bond acceptors (Lipinski definition) is 6. The van der Waals surface area contributed by atoms with Gasteiger partial charge in [-0.1, -0.05) is 12.1 Å². The van der Waals surface area contributed by atoms with Crippen LogP contribution in [-0.2, 0) is 0 Å². The molecule has 2 heterocycles. The van der Waals surface area contributed by atoms with Gasteiger partial charge in [-0.05, 0) is 32.0 Å². The van der Waals surface area contributed by atoms with Crippen molar-refractivity contribution in [2.75, 3.05) is 12.8 Å². The molecule has 0 unspecified atom stereocenters. The summed E-state index contributed by atoms with van der Waals surface area (Å²) in [7, 11) is 1.58. The highest BCUT2D eigenvalue weighted by Gasteiger charge is 2.17. The summed E-state index contributed by atoms with van der Waals surface area (Å²) in [5.41, 5.74) is 8.24. The third-order valence-electron chi connectivity index (χ3n) is 4.14. The largest absolute Gasteiger partial charge is 0.497 e. The van der Waals surface area contributed by atoms with E-state index in [1.54, 1.807) is 23.9 Å². The first-order valence-electron chi connectivity index (χ1n) is 8.39. The SMILES string of the molecule is COc1cccc(-c2nc(N)c(C#N)nc2-c2ccc(=O)n(C(C)C)c2)c1. The van der Waals surface area contributed by atoms with E-state index in [4.69, 9.17) is 10.5 Å². The van der Waals surface area contributed by atoms with Crippen molar-refractivity contribution in [1.82, 2.24) is 14.5 Å². The van der Waals surface area contributed by atoms with Crippen molar-refractivity contribution in [3.8, 4) is 34.3 Å². The Morgan fingerprint density at radius 3 is 2.56 bits per heavy atom. The molecule has 0 atom stereocenters. The fourth-order valence-corrected chi connectivity index (χ4v) is 2.75. The maximum absolute atomic E-state index is 12.1. The summed E-state index contributed by atoms with van der Waals surface area (Å²) < 4.78 is 6.89. The van der Waals surface area contributed by atoms with Gasteiger partial charge in [-0.2, -0.15) is 5.26 Å². The van der Waals surface area contributed by atoms with Gasteiger partial charge in [0.25, 0.3) is 5.56 Å². The number of nitriles is 1. The zero-order chi connectivity index (χ0) is 19.6. The van der Waals surface area contributed by atoms with Crippen LogP contribution in [0, 0.1) is 11.3 Å². The van der Waals surface area contributed by atoms with Crippen LogP contribution in [0.15, 0.2) is 47.4 Å². The first kappa shape index (κ1) is 18.1. The fraction of sp³-hybridized carbons (Fsp3) is 0.200. The number of benzene rings is 1. The molecule has 0 aliphatic carbocycles. The molecule has 0 aliphatic rings. The molecule has 1 aromatic carbocycles. The lowest BCUT2D eigenvalue weighted by molar-refractivity contribution is 0.415. The maximum atomic E-state index is 12.1. The molecule has 0 bridgehead atoms. The van der Waals surface area contributed by atoms with Crippen molar-refractivity contribution in [2.24, 2.45) is 0 Å². The number of ether oxygens (including phenoxy) is 1. The predicted octanol–water partition coefficient (Wildman–Crippen LogP) is 3.02. The van der Waals surface area contributed by atoms with Gasteiger partial charge in [0, 0.05) is 29.4 Å². The molecule has 3 rings (SSSR count). The van der Waals surface area contributed by atoms with E-state index in [0.717, 1.165) is 5.56 Å². The van der Waals surface area contributed by atoms with Crippen LogP contribution in [0.3, 0.4) is 0 Å². The van der Waals surface area contributed by atoms with Crippen molar-refractivity contribution >= 4 is 5.82 Å². The van der Waals surface area contributed by atoms with E-state index in [1.165, 1.54) is 6.07 Å². The van der Waals surface area contributed by atoms with Crippen LogP contribution in [0.4, 0.5) is 5.82 Å². The van der Waals surface area contributed by atoms with E-state index in [0.29, 0.717) is 22.7 Å². The molecular weight excluding hydrogens is 342 g/mol. The van der Waals surface area contributed by atoms with Gasteiger partial charge in [0.15, 0.2) is 11.5 Å². The van der Waals surface area contributed by atoms with Crippen LogP contribution >= 0.6 is 0 Å². The number of pyridine rings is 1. The highest BCUT2D eigenvalue weighted by Crippen LogP contribution is 2.32. The average molecular weight is 361 g/mol. The highest BCUT2D eigenvalue weighted by molar-refractivity contribution is 5.79. The third kappa shape index (κ3) is 3.51. The second-order valence-electron chi connectivity index (χ2n) is 6.26. The molecule has 27 heavy (non-hydrogen) atoms. The van der Waals surface area contributed by atoms with E-state index in [-0.39, 0.29) is 23.1 Å². The molecule has 7 heteroatoms. The van der Waals surface area contributed by atoms with E-state index in [2.05, 4.69) is 9.97 Å². The summed E-state index contributed by atoms with van der Waals surface area (Å²) in [6, 6.07) is 12.4. The zero-order valence-corrected chi connectivity index (χ0v) is 15.3. The fourth-order valence-electron chi connectivity index (χ4n) is 2.75. The molecule has 2 aromatic heterocycles. The molecule has 0 aliphatic heterocycles. The molecule has 2 N–H and O–H groups in total. The van der Waals surface area contributed by atoms with Crippen LogP contribution < -0.4 is 16.0 Å². The van der Waals surface area contributed by atoms with Gasteiger partial charge in [0.2, 0.25) is 0 Å². The van der Waals surface area contributed by atoms with Crippen LogP contribution in [0.2, 0.25) is 0 Å². The molecular formula is C20H19N5O2. The second-order valence-corrected chi connectivity index (χ2v) is 6.26. The van der Waals surface area contributed by atoms with Crippen molar-refractivity contribution in [3.05, 3.63) is 58.6 Å². The molecule has 3 aromatic rings. The third-order valence-corrected chi connectivity index (χ3v) is 4.14. The minimum atomic E-state index is -0.111. The summed E-state index contributed by atoms with van der Waals surface area (Å²) in [6.45, 7) is 3.84. The standard InChI is InChI=1S/C20H19N5O2/c1-12(2)25-11-14(7-8-17(25)26)19-18(24-20(22)16(10-21)23-19)13-5-4-6-15(9-13)27-3/h4-9,11-12H,1-3H3,(H2,22,24). The summed E-state index contributed by atoms with van der Waals surface area (Å²) in [5.74, 6) is 0.714. The van der Waals surface area contributed by atoms with Crippen molar-refractivity contribution in [2.45, 2.75) is 19.9 Å². The van der Waals surface area contributed by atoms with Crippen LogP contribution in [0.5, 0.6) is 5.75 Å². The second kappa shape index (κ2) is 7.30. The lowest BCUT2D eigenvalue weighted by Crippen LogP contribution is -2.20. The number of methoxy groups -OCH3 is 1. The van der Waals surface area contributed by atoms with Crippen LogP contribution in [0.25, 0.3) is 22.5 Å². The number of rotatable bonds is 4. The van der Waals surface area contributed by atoms with Crippen molar-refractivity contribution < 1.29 is 4.74 Å². The molecule has 0 radical (unpaired) electrons. The Balaban J connectivity index is 2.30. The maximum Gasteiger partial charge on any atom is 0.250 e. The number of nitrogens with zero attached hydrogens (tertiary/aromatic N) is 4. The van der Waals surface area contributed by atoms with E-state index < -0.39 is 0 Å². The molecule has 0 spiro atoms. The van der Waals surface area contributed by atoms with Gasteiger partial charge in [0.05, 0.1) is 18.5 Å². The monoisotopic (exact) mass is 361 g/mol. The summed E-state index contributed by atoms with van der Waals surface area (Å²) in [6.07, 6.45) is 1.72. The Morgan fingerprint density at radius 1 is 1.15 bits per heavy atom. The molecule has 7 nitrogen and oxygen atoms in total. The topological polar surface area (TPSA) is 107 Å². The van der Waals surface area contributed by atoms with E-state index >= 15 is 0 Å². The molecule has 0 fully saturated rings. The highest BCUT2D eigenvalue weighted by atomic mass is 16.5. The molecule has 0 amide bonds. The first-order chi connectivity index (χ1) is 12.9. The number of anilines is 1. The minimum Gasteiger partial charge on any atom is -0.497 e. The Bertz CT molecular complexity index is 1100. The number of nitrogens with two attached hydrogens (primary N) is 1. The Kier molecular flexibility index (Phi) is 4.90. The number of aromatic nitrogens is 3. The van der Waals surface area contributed by atoms with Gasteiger partial charge in [-0.15, -0.1) is 0 Å². The van der Waals surface area contributed by atoms with Crippen LogP contribution in [0.1, 0.15) is 25.6 Å². The van der Waals surface area contributed by atoms with E-state index in [1.807, 2.05) is 44.2 Å². The number of nitrogen functional groups attached to an aromatic ring is 1.